The zero-order valence-electron chi connectivity index (χ0n) is 8.05. The summed E-state index contributed by atoms with van der Waals surface area (Å²) in [6.07, 6.45) is 0. The van der Waals surface area contributed by atoms with Crippen molar-refractivity contribution in [2.75, 3.05) is 26.6 Å². The highest BCUT2D eigenvalue weighted by molar-refractivity contribution is 7.75. The first-order chi connectivity index (χ1) is 4.89. The van der Waals surface area contributed by atoms with Crippen LogP contribution in [0.1, 0.15) is 13.8 Å². The lowest BCUT2D eigenvalue weighted by molar-refractivity contribution is -0.142. The molecular formula is C8H18O2P+. The van der Waals surface area contributed by atoms with Crippen LogP contribution >= 0.6 is 7.26 Å². The summed E-state index contributed by atoms with van der Waals surface area (Å²) in [7, 11) is -1.07. The summed E-state index contributed by atoms with van der Waals surface area (Å²) >= 11 is 0. The zero-order valence-corrected chi connectivity index (χ0v) is 8.94. The summed E-state index contributed by atoms with van der Waals surface area (Å²) in [5.74, 6) is -0.0478. The second kappa shape index (κ2) is 4.06. The largest absolute Gasteiger partial charge is 0.463 e. The maximum Gasteiger partial charge on any atom is 0.346 e. The van der Waals surface area contributed by atoms with Crippen molar-refractivity contribution < 1.29 is 9.53 Å². The van der Waals surface area contributed by atoms with Crippen LogP contribution in [0.25, 0.3) is 0 Å². The third kappa shape index (κ3) is 3.71. The standard InChI is InChI=1S/C8H18O2P/c1-6-10-8(9)7(2)11(3,4)5/h7H,6H2,1-5H3/q+1. The molecule has 0 fully saturated rings. The van der Waals surface area contributed by atoms with Crippen LogP contribution < -0.4 is 0 Å². The van der Waals surface area contributed by atoms with Crippen molar-refractivity contribution >= 4 is 13.2 Å². The first-order valence-corrected chi connectivity index (χ1v) is 7.07. The lowest BCUT2D eigenvalue weighted by Gasteiger charge is -2.18. The van der Waals surface area contributed by atoms with Gasteiger partial charge in [-0.2, -0.15) is 0 Å². The van der Waals surface area contributed by atoms with Crippen LogP contribution in [-0.4, -0.2) is 38.2 Å². The Balaban J connectivity index is 4.03. The Kier molecular flexibility index (Phi) is 4.02. The molecule has 0 saturated heterocycles. The van der Waals surface area contributed by atoms with Crippen molar-refractivity contribution in [3.63, 3.8) is 0 Å². The Morgan fingerprint density at radius 3 is 2.18 bits per heavy atom. The van der Waals surface area contributed by atoms with Crippen molar-refractivity contribution in [3.8, 4) is 0 Å². The van der Waals surface area contributed by atoms with Gasteiger partial charge in [-0.1, -0.05) is 0 Å². The van der Waals surface area contributed by atoms with Crippen LogP contribution in [0, 0.1) is 0 Å². The van der Waals surface area contributed by atoms with Crippen molar-refractivity contribution in [1.82, 2.24) is 0 Å². The van der Waals surface area contributed by atoms with E-state index in [2.05, 4.69) is 20.0 Å². The third-order valence-corrected chi connectivity index (χ3v) is 4.32. The van der Waals surface area contributed by atoms with Gasteiger partial charge in [0.1, 0.15) is 0 Å². The highest BCUT2D eigenvalue weighted by atomic mass is 31.2. The molecule has 11 heavy (non-hydrogen) atoms. The molecule has 0 radical (unpaired) electrons. The molecule has 2 nitrogen and oxygen atoms in total. The molecule has 0 spiro atoms. The fraction of sp³-hybridized carbons (Fsp3) is 0.875. The molecular weight excluding hydrogens is 159 g/mol. The number of rotatable bonds is 3. The Bertz CT molecular complexity index is 138. The zero-order chi connectivity index (χ0) is 9.07. The quantitative estimate of drug-likeness (QED) is 0.485. The summed E-state index contributed by atoms with van der Waals surface area (Å²) in [6.45, 7) is 10.7. The van der Waals surface area contributed by atoms with E-state index in [0.29, 0.717) is 6.61 Å². The lowest BCUT2D eigenvalue weighted by atomic mass is 10.5. The van der Waals surface area contributed by atoms with Crippen molar-refractivity contribution in [2.45, 2.75) is 19.5 Å². The Morgan fingerprint density at radius 2 is 1.91 bits per heavy atom. The Hall–Kier alpha value is -0.100. The minimum absolute atomic E-state index is 0.0478. The van der Waals surface area contributed by atoms with E-state index in [1.807, 2.05) is 13.8 Å². The first kappa shape index (κ1) is 10.9. The summed E-state index contributed by atoms with van der Waals surface area (Å²) in [6, 6.07) is 0. The van der Waals surface area contributed by atoms with E-state index in [1.165, 1.54) is 0 Å². The molecule has 0 N–H and O–H groups in total. The van der Waals surface area contributed by atoms with E-state index in [1.54, 1.807) is 0 Å². The average molecular weight is 177 g/mol. The van der Waals surface area contributed by atoms with E-state index in [-0.39, 0.29) is 11.6 Å². The summed E-state index contributed by atoms with van der Waals surface area (Å²) in [5, 5.41) is 0. The number of esters is 1. The monoisotopic (exact) mass is 177 g/mol. The lowest BCUT2D eigenvalue weighted by Crippen LogP contribution is -2.22. The molecule has 0 rings (SSSR count). The van der Waals surface area contributed by atoms with Gasteiger partial charge >= 0.3 is 5.97 Å². The molecule has 0 amide bonds. The molecule has 0 aromatic rings. The molecule has 0 aliphatic heterocycles. The number of ether oxygens (including phenoxy) is 1. The van der Waals surface area contributed by atoms with Gasteiger partial charge < -0.3 is 4.74 Å². The molecule has 0 aliphatic rings. The normalized spacial score (nSPS) is 14.3. The van der Waals surface area contributed by atoms with Gasteiger partial charge in [-0.05, 0) is 13.8 Å². The molecule has 0 aliphatic carbocycles. The summed E-state index contributed by atoms with van der Waals surface area (Å²) in [5.41, 5.74) is 0.0856. The van der Waals surface area contributed by atoms with Gasteiger partial charge in [-0.15, -0.1) is 0 Å². The fourth-order valence-electron chi connectivity index (χ4n) is 0.579. The predicted molar refractivity (Wildman–Crippen MR) is 50.8 cm³/mol. The molecule has 0 saturated carbocycles. The number of carbonyl (C=O) groups excluding carboxylic acids is 1. The predicted octanol–water partition coefficient (Wildman–Crippen LogP) is 1.84. The fourth-order valence-corrected chi connectivity index (χ4v) is 1.29. The molecule has 66 valence electrons. The molecule has 1 atom stereocenters. The second-order valence-electron chi connectivity index (χ2n) is 3.54. The Labute approximate surface area is 69.7 Å². The Morgan fingerprint density at radius 1 is 1.45 bits per heavy atom. The summed E-state index contributed by atoms with van der Waals surface area (Å²) in [4.78, 5) is 11.2. The third-order valence-electron chi connectivity index (χ3n) is 1.79. The SMILES string of the molecule is CCOC(=O)C(C)[P+](C)(C)C. The van der Waals surface area contributed by atoms with Crippen molar-refractivity contribution in [1.29, 1.82) is 0 Å². The van der Waals surface area contributed by atoms with Crippen LogP contribution in [-0.2, 0) is 9.53 Å². The first-order valence-electron chi connectivity index (χ1n) is 3.87. The molecule has 0 heterocycles. The van der Waals surface area contributed by atoms with Gasteiger partial charge in [0.05, 0.1) is 6.61 Å². The van der Waals surface area contributed by atoms with Crippen LogP contribution in [0.15, 0.2) is 0 Å². The second-order valence-corrected chi connectivity index (χ2v) is 8.55. The molecule has 0 aromatic heterocycles. The van der Waals surface area contributed by atoms with Gasteiger partial charge in [-0.25, -0.2) is 4.79 Å². The van der Waals surface area contributed by atoms with E-state index < -0.39 is 7.26 Å². The van der Waals surface area contributed by atoms with Crippen LogP contribution in [0.3, 0.4) is 0 Å². The maximum atomic E-state index is 11.2. The van der Waals surface area contributed by atoms with E-state index in [0.717, 1.165) is 0 Å². The number of hydrogen-bond donors (Lipinski definition) is 0. The highest BCUT2D eigenvalue weighted by Gasteiger charge is 2.34. The van der Waals surface area contributed by atoms with E-state index >= 15 is 0 Å². The molecule has 1 unspecified atom stereocenters. The molecule has 0 bridgehead atoms. The minimum Gasteiger partial charge on any atom is -0.463 e. The van der Waals surface area contributed by atoms with Crippen molar-refractivity contribution in [2.24, 2.45) is 0 Å². The topological polar surface area (TPSA) is 26.3 Å². The van der Waals surface area contributed by atoms with Gasteiger partial charge in [-0.3, -0.25) is 0 Å². The van der Waals surface area contributed by atoms with Crippen LogP contribution in [0.5, 0.6) is 0 Å². The highest BCUT2D eigenvalue weighted by Crippen LogP contribution is 2.52. The van der Waals surface area contributed by atoms with Crippen LogP contribution in [0.2, 0.25) is 0 Å². The molecule has 3 heteroatoms. The summed E-state index contributed by atoms with van der Waals surface area (Å²) < 4.78 is 4.92. The van der Waals surface area contributed by atoms with Gasteiger partial charge in [0, 0.05) is 27.3 Å². The van der Waals surface area contributed by atoms with Gasteiger partial charge in [0.2, 0.25) is 0 Å². The minimum atomic E-state index is -1.07. The van der Waals surface area contributed by atoms with Gasteiger partial charge in [0.15, 0.2) is 5.66 Å². The van der Waals surface area contributed by atoms with Crippen molar-refractivity contribution in [3.05, 3.63) is 0 Å². The van der Waals surface area contributed by atoms with E-state index in [4.69, 9.17) is 4.74 Å². The average Bonchev–Trinajstić information content (AvgIpc) is 1.85. The van der Waals surface area contributed by atoms with Crippen LogP contribution in [0.4, 0.5) is 0 Å². The van der Waals surface area contributed by atoms with Gasteiger partial charge in [0.25, 0.3) is 0 Å². The van der Waals surface area contributed by atoms with E-state index in [9.17, 15) is 4.79 Å². The number of hydrogen-bond acceptors (Lipinski definition) is 2. The molecule has 0 aromatic carbocycles. The number of carbonyl (C=O) groups is 1. The maximum absolute atomic E-state index is 11.2. The smallest absolute Gasteiger partial charge is 0.346 e.